The molecule has 0 aromatic carbocycles. The highest BCUT2D eigenvalue weighted by molar-refractivity contribution is 9.10. The number of hydrogen-bond acceptors (Lipinski definition) is 3. The van der Waals surface area contributed by atoms with Gasteiger partial charge in [-0.05, 0) is 42.1 Å². The second-order valence-corrected chi connectivity index (χ2v) is 5.66. The van der Waals surface area contributed by atoms with E-state index < -0.39 is 12.0 Å². The summed E-state index contributed by atoms with van der Waals surface area (Å²) in [7, 11) is 0. The topological polar surface area (TPSA) is 82.2 Å². The maximum Gasteiger partial charge on any atom is 0.256 e. The van der Waals surface area contributed by atoms with Gasteiger partial charge in [-0.3, -0.25) is 9.59 Å². The molecule has 0 bridgehead atoms. The molecule has 19 heavy (non-hydrogen) atoms. The molecule has 106 valence electrons. The molecule has 1 aromatic rings. The SMILES string of the molecule is Cc1[nH]cc(C(=O)NCC(C)CC(C)O)c(=O)c1Br. The van der Waals surface area contributed by atoms with Gasteiger partial charge in [0.1, 0.15) is 5.56 Å². The fourth-order valence-electron chi connectivity index (χ4n) is 1.79. The van der Waals surface area contributed by atoms with E-state index in [1.54, 1.807) is 13.8 Å². The van der Waals surface area contributed by atoms with Crippen LogP contribution in [-0.4, -0.2) is 28.6 Å². The van der Waals surface area contributed by atoms with Gasteiger partial charge in [0.15, 0.2) is 0 Å². The van der Waals surface area contributed by atoms with Crippen molar-refractivity contribution < 1.29 is 9.90 Å². The Kier molecular flexibility index (Phi) is 5.75. The first-order valence-electron chi connectivity index (χ1n) is 6.17. The van der Waals surface area contributed by atoms with Crippen LogP contribution in [-0.2, 0) is 0 Å². The first kappa shape index (κ1) is 15.9. The molecule has 0 spiro atoms. The zero-order valence-electron chi connectivity index (χ0n) is 11.3. The predicted octanol–water partition coefficient (Wildman–Crippen LogP) is 1.58. The Morgan fingerprint density at radius 1 is 1.53 bits per heavy atom. The summed E-state index contributed by atoms with van der Waals surface area (Å²) in [4.78, 5) is 26.7. The minimum absolute atomic E-state index is 0.0849. The number of aromatic nitrogens is 1. The molecule has 0 fully saturated rings. The summed E-state index contributed by atoms with van der Waals surface area (Å²) in [5, 5.41) is 11.9. The van der Waals surface area contributed by atoms with Gasteiger partial charge >= 0.3 is 0 Å². The van der Waals surface area contributed by atoms with Crippen LogP contribution < -0.4 is 10.7 Å². The number of hydrogen-bond donors (Lipinski definition) is 3. The van der Waals surface area contributed by atoms with Gasteiger partial charge in [-0.2, -0.15) is 0 Å². The molecular weight excluding hydrogens is 312 g/mol. The Balaban J connectivity index is 2.70. The van der Waals surface area contributed by atoms with Crippen LogP contribution in [0.4, 0.5) is 0 Å². The molecule has 2 unspecified atom stereocenters. The Bertz CT molecular complexity index is 511. The van der Waals surface area contributed by atoms with Crippen molar-refractivity contribution in [2.75, 3.05) is 6.54 Å². The fourth-order valence-corrected chi connectivity index (χ4v) is 2.12. The molecule has 0 radical (unpaired) electrons. The lowest BCUT2D eigenvalue weighted by molar-refractivity contribution is 0.0938. The van der Waals surface area contributed by atoms with Crippen molar-refractivity contribution in [1.82, 2.24) is 10.3 Å². The van der Waals surface area contributed by atoms with Crippen LogP contribution in [0.25, 0.3) is 0 Å². The number of carbonyl (C=O) groups is 1. The Labute approximate surface area is 120 Å². The number of nitrogens with one attached hydrogen (secondary N) is 2. The minimum Gasteiger partial charge on any atom is -0.393 e. The van der Waals surface area contributed by atoms with E-state index in [0.717, 1.165) is 0 Å². The zero-order chi connectivity index (χ0) is 14.6. The van der Waals surface area contributed by atoms with E-state index in [4.69, 9.17) is 0 Å². The van der Waals surface area contributed by atoms with E-state index in [1.165, 1.54) is 6.20 Å². The lowest BCUT2D eigenvalue weighted by Gasteiger charge is -2.14. The molecule has 1 rings (SSSR count). The van der Waals surface area contributed by atoms with Crippen molar-refractivity contribution in [3.05, 3.63) is 32.2 Å². The predicted molar refractivity (Wildman–Crippen MR) is 77.3 cm³/mol. The molecule has 1 aromatic heterocycles. The monoisotopic (exact) mass is 330 g/mol. The Morgan fingerprint density at radius 3 is 2.74 bits per heavy atom. The van der Waals surface area contributed by atoms with Gasteiger partial charge in [0.25, 0.3) is 5.91 Å². The number of H-pyrrole nitrogens is 1. The lowest BCUT2D eigenvalue weighted by Crippen LogP contribution is -2.33. The van der Waals surface area contributed by atoms with E-state index in [1.807, 2.05) is 6.92 Å². The van der Waals surface area contributed by atoms with Crippen LogP contribution in [0, 0.1) is 12.8 Å². The summed E-state index contributed by atoms with van der Waals surface area (Å²) in [6.45, 7) is 5.81. The average Bonchev–Trinajstić information content (AvgIpc) is 2.32. The van der Waals surface area contributed by atoms with Crippen LogP contribution in [0.3, 0.4) is 0 Å². The summed E-state index contributed by atoms with van der Waals surface area (Å²) in [6, 6.07) is 0. The van der Waals surface area contributed by atoms with Gasteiger partial charge in [-0.25, -0.2) is 0 Å². The molecule has 1 amide bonds. The molecule has 0 aliphatic rings. The highest BCUT2D eigenvalue weighted by Gasteiger charge is 2.15. The first-order valence-corrected chi connectivity index (χ1v) is 6.96. The summed E-state index contributed by atoms with van der Waals surface area (Å²) >= 11 is 3.15. The summed E-state index contributed by atoms with van der Waals surface area (Å²) < 4.78 is 0.372. The van der Waals surface area contributed by atoms with Crippen LogP contribution >= 0.6 is 15.9 Å². The van der Waals surface area contributed by atoms with E-state index >= 15 is 0 Å². The fraction of sp³-hybridized carbons (Fsp3) is 0.538. The van der Waals surface area contributed by atoms with Crippen LogP contribution in [0.5, 0.6) is 0 Å². The standard InChI is InChI=1S/C13H19BrN2O3/c1-7(4-8(2)17)5-16-13(19)10-6-15-9(3)11(14)12(10)18/h6-8,17H,4-5H2,1-3H3,(H,15,18)(H,16,19). The van der Waals surface area contributed by atoms with Crippen LogP contribution in [0.2, 0.25) is 0 Å². The number of rotatable bonds is 5. The Hall–Kier alpha value is -1.14. The van der Waals surface area contributed by atoms with Gasteiger partial charge in [-0.1, -0.05) is 6.92 Å². The smallest absolute Gasteiger partial charge is 0.256 e. The zero-order valence-corrected chi connectivity index (χ0v) is 12.9. The number of aromatic amines is 1. The van der Waals surface area contributed by atoms with E-state index in [-0.39, 0.29) is 16.9 Å². The first-order chi connectivity index (χ1) is 8.82. The highest BCUT2D eigenvalue weighted by atomic mass is 79.9. The largest absolute Gasteiger partial charge is 0.393 e. The van der Waals surface area contributed by atoms with Gasteiger partial charge < -0.3 is 15.4 Å². The molecule has 0 saturated carbocycles. The maximum atomic E-state index is 11.9. The number of carbonyl (C=O) groups excluding carboxylic acids is 1. The number of aryl methyl sites for hydroxylation is 1. The minimum atomic E-state index is -0.403. The van der Waals surface area contributed by atoms with Gasteiger partial charge in [0.2, 0.25) is 5.43 Å². The third-order valence-electron chi connectivity index (χ3n) is 2.81. The van der Waals surface area contributed by atoms with Crippen molar-refractivity contribution in [2.45, 2.75) is 33.3 Å². The van der Waals surface area contributed by atoms with E-state index in [9.17, 15) is 14.7 Å². The highest BCUT2D eigenvalue weighted by Crippen LogP contribution is 2.09. The maximum absolute atomic E-state index is 11.9. The number of amides is 1. The van der Waals surface area contributed by atoms with Crippen molar-refractivity contribution in [3.8, 4) is 0 Å². The number of halogens is 1. The third-order valence-corrected chi connectivity index (χ3v) is 3.76. The van der Waals surface area contributed by atoms with Crippen LogP contribution in [0.1, 0.15) is 36.3 Å². The van der Waals surface area contributed by atoms with Crippen LogP contribution in [0.15, 0.2) is 15.5 Å². The molecular formula is C13H19BrN2O3. The molecule has 3 N–H and O–H groups in total. The summed E-state index contributed by atoms with van der Waals surface area (Å²) in [5.41, 5.74) is 0.447. The summed E-state index contributed by atoms with van der Waals surface area (Å²) in [6.07, 6.45) is 1.62. The molecule has 0 saturated heterocycles. The molecule has 5 nitrogen and oxygen atoms in total. The molecule has 0 aliphatic carbocycles. The molecule has 0 aliphatic heterocycles. The average molecular weight is 331 g/mol. The van der Waals surface area contributed by atoms with E-state index in [0.29, 0.717) is 23.1 Å². The quantitative estimate of drug-likeness (QED) is 0.766. The van der Waals surface area contributed by atoms with E-state index in [2.05, 4.69) is 26.2 Å². The summed E-state index contributed by atoms with van der Waals surface area (Å²) in [5.74, 6) is -0.253. The molecule has 2 atom stereocenters. The second-order valence-electron chi connectivity index (χ2n) is 4.87. The van der Waals surface area contributed by atoms with Crippen molar-refractivity contribution in [2.24, 2.45) is 5.92 Å². The van der Waals surface area contributed by atoms with Crippen molar-refractivity contribution in [1.29, 1.82) is 0 Å². The number of pyridine rings is 1. The van der Waals surface area contributed by atoms with Crippen molar-refractivity contribution >= 4 is 21.8 Å². The molecule has 6 heteroatoms. The Morgan fingerprint density at radius 2 is 2.16 bits per heavy atom. The molecule has 1 heterocycles. The van der Waals surface area contributed by atoms with Gasteiger partial charge in [0.05, 0.1) is 10.6 Å². The van der Waals surface area contributed by atoms with Crippen molar-refractivity contribution in [3.63, 3.8) is 0 Å². The lowest BCUT2D eigenvalue weighted by atomic mass is 10.0. The van der Waals surface area contributed by atoms with Gasteiger partial charge in [-0.15, -0.1) is 0 Å². The third kappa shape index (κ3) is 4.47. The normalized spacial score (nSPS) is 13.9. The second kappa shape index (κ2) is 6.86. The van der Waals surface area contributed by atoms with Gasteiger partial charge in [0, 0.05) is 18.4 Å². The number of aliphatic hydroxyl groups excluding tert-OH is 1. The number of aliphatic hydroxyl groups is 1.